The Labute approximate surface area is 115 Å². The third-order valence-corrected chi connectivity index (χ3v) is 4.02. The molecular formula is C14H26N2OS. The molecular weight excluding hydrogens is 244 g/mol. The topological polar surface area (TPSA) is 24.5 Å². The fraction of sp³-hybridized carbons (Fsp3) is 0.714. The molecule has 0 spiro atoms. The van der Waals surface area contributed by atoms with Gasteiger partial charge in [0.15, 0.2) is 0 Å². The van der Waals surface area contributed by atoms with Crippen molar-refractivity contribution >= 4 is 11.3 Å². The van der Waals surface area contributed by atoms with E-state index in [4.69, 9.17) is 4.74 Å². The monoisotopic (exact) mass is 270 g/mol. The van der Waals surface area contributed by atoms with E-state index in [1.54, 1.807) is 7.11 Å². The third kappa shape index (κ3) is 5.96. The van der Waals surface area contributed by atoms with Crippen LogP contribution >= 0.6 is 11.3 Å². The van der Waals surface area contributed by atoms with Crippen LogP contribution in [0.5, 0.6) is 0 Å². The molecule has 0 aliphatic rings. The summed E-state index contributed by atoms with van der Waals surface area (Å²) in [6, 6.07) is 4.79. The molecule has 0 fully saturated rings. The van der Waals surface area contributed by atoms with Crippen LogP contribution in [0.4, 0.5) is 0 Å². The molecule has 0 aliphatic heterocycles. The lowest BCUT2D eigenvalue weighted by molar-refractivity contribution is 0.106. The number of hydrogen-bond donors (Lipinski definition) is 1. The second-order valence-electron chi connectivity index (χ2n) is 4.62. The van der Waals surface area contributed by atoms with E-state index in [9.17, 15) is 0 Å². The Bertz CT molecular complexity index is 290. The number of ether oxygens (including phenoxy) is 1. The molecule has 4 heteroatoms. The van der Waals surface area contributed by atoms with E-state index in [-0.39, 0.29) is 0 Å². The Morgan fingerprint density at radius 2 is 2.33 bits per heavy atom. The van der Waals surface area contributed by atoms with Crippen molar-refractivity contribution in [3.8, 4) is 0 Å². The summed E-state index contributed by atoms with van der Waals surface area (Å²) in [6.07, 6.45) is 2.31. The van der Waals surface area contributed by atoms with Crippen molar-refractivity contribution in [2.45, 2.75) is 25.8 Å². The molecule has 104 valence electrons. The quantitative estimate of drug-likeness (QED) is 0.660. The smallest absolute Gasteiger partial charge is 0.0630 e. The highest BCUT2D eigenvalue weighted by Gasteiger charge is 2.14. The van der Waals surface area contributed by atoms with Crippen LogP contribution in [0.2, 0.25) is 0 Å². The number of methoxy groups -OCH3 is 1. The minimum absolute atomic E-state index is 0.460. The van der Waals surface area contributed by atoms with E-state index in [1.165, 1.54) is 11.3 Å². The van der Waals surface area contributed by atoms with Crippen molar-refractivity contribution in [2.24, 2.45) is 0 Å². The van der Waals surface area contributed by atoms with Gasteiger partial charge >= 0.3 is 0 Å². The van der Waals surface area contributed by atoms with Gasteiger partial charge in [0.1, 0.15) is 0 Å². The maximum atomic E-state index is 5.31. The van der Waals surface area contributed by atoms with E-state index in [0.29, 0.717) is 6.04 Å². The minimum atomic E-state index is 0.460. The zero-order valence-electron chi connectivity index (χ0n) is 11.8. The summed E-state index contributed by atoms with van der Waals surface area (Å²) in [5.41, 5.74) is 0. The number of nitrogens with one attached hydrogen (secondary N) is 1. The van der Waals surface area contributed by atoms with E-state index >= 15 is 0 Å². The molecule has 0 saturated carbocycles. The van der Waals surface area contributed by atoms with E-state index in [2.05, 4.69) is 41.7 Å². The SMILES string of the molecule is CCCNCC(COC)N(C)CCc1cccs1. The molecule has 1 atom stereocenters. The maximum Gasteiger partial charge on any atom is 0.0630 e. The maximum absolute atomic E-state index is 5.31. The molecule has 0 amide bonds. The first-order chi connectivity index (χ1) is 8.77. The van der Waals surface area contributed by atoms with Gasteiger partial charge in [-0.25, -0.2) is 0 Å². The van der Waals surface area contributed by atoms with Gasteiger partial charge in [0.2, 0.25) is 0 Å². The van der Waals surface area contributed by atoms with Crippen LogP contribution in [0.25, 0.3) is 0 Å². The second kappa shape index (κ2) is 9.50. The molecule has 18 heavy (non-hydrogen) atoms. The van der Waals surface area contributed by atoms with Gasteiger partial charge in [0.25, 0.3) is 0 Å². The van der Waals surface area contributed by atoms with E-state index < -0.39 is 0 Å². The summed E-state index contributed by atoms with van der Waals surface area (Å²) in [5, 5.41) is 5.62. The van der Waals surface area contributed by atoms with Gasteiger partial charge in [-0.1, -0.05) is 13.0 Å². The molecule has 1 aromatic heterocycles. The van der Waals surface area contributed by atoms with Crippen LogP contribution in [0.15, 0.2) is 17.5 Å². The van der Waals surface area contributed by atoms with Gasteiger partial charge in [0.05, 0.1) is 6.61 Å². The first-order valence-corrected chi connectivity index (χ1v) is 7.58. The number of rotatable bonds is 10. The summed E-state index contributed by atoms with van der Waals surface area (Å²) in [4.78, 5) is 3.85. The van der Waals surface area contributed by atoms with Crippen molar-refractivity contribution in [2.75, 3.05) is 40.4 Å². The van der Waals surface area contributed by atoms with Crippen molar-refractivity contribution in [1.29, 1.82) is 0 Å². The number of nitrogens with zero attached hydrogens (tertiary/aromatic N) is 1. The van der Waals surface area contributed by atoms with Gasteiger partial charge in [-0.2, -0.15) is 0 Å². The molecule has 0 aliphatic carbocycles. The first kappa shape index (κ1) is 15.6. The minimum Gasteiger partial charge on any atom is -0.383 e. The lowest BCUT2D eigenvalue weighted by Gasteiger charge is -2.27. The summed E-state index contributed by atoms with van der Waals surface area (Å²) < 4.78 is 5.31. The number of hydrogen-bond acceptors (Lipinski definition) is 4. The van der Waals surface area contributed by atoms with E-state index in [1.807, 2.05) is 11.3 Å². The summed E-state index contributed by atoms with van der Waals surface area (Å²) >= 11 is 1.84. The lowest BCUT2D eigenvalue weighted by Crippen LogP contribution is -2.44. The molecule has 0 bridgehead atoms. The van der Waals surface area contributed by atoms with Crippen LogP contribution in [-0.4, -0.2) is 51.3 Å². The van der Waals surface area contributed by atoms with Crippen LogP contribution in [-0.2, 0) is 11.2 Å². The highest BCUT2D eigenvalue weighted by molar-refractivity contribution is 7.09. The number of likely N-dealkylation sites (N-methyl/N-ethyl adjacent to an activating group) is 1. The molecule has 1 rings (SSSR count). The summed E-state index contributed by atoms with van der Waals surface area (Å²) in [7, 11) is 3.96. The van der Waals surface area contributed by atoms with Crippen LogP contribution in [0.1, 0.15) is 18.2 Å². The Morgan fingerprint density at radius 1 is 1.50 bits per heavy atom. The molecule has 1 N–H and O–H groups in total. The highest BCUT2D eigenvalue weighted by atomic mass is 32.1. The lowest BCUT2D eigenvalue weighted by atomic mass is 10.2. The van der Waals surface area contributed by atoms with Gasteiger partial charge in [-0.05, 0) is 37.9 Å². The van der Waals surface area contributed by atoms with Gasteiger partial charge < -0.3 is 10.1 Å². The van der Waals surface area contributed by atoms with Crippen molar-refractivity contribution in [1.82, 2.24) is 10.2 Å². The first-order valence-electron chi connectivity index (χ1n) is 6.70. The second-order valence-corrected chi connectivity index (χ2v) is 5.66. The molecule has 1 heterocycles. The molecule has 0 aromatic carbocycles. The summed E-state index contributed by atoms with van der Waals surface area (Å²) in [6.45, 7) is 6.15. The molecule has 3 nitrogen and oxygen atoms in total. The highest BCUT2D eigenvalue weighted by Crippen LogP contribution is 2.10. The molecule has 1 aromatic rings. The molecule has 0 saturated heterocycles. The van der Waals surface area contributed by atoms with Crippen molar-refractivity contribution in [3.63, 3.8) is 0 Å². The average Bonchev–Trinajstić information content (AvgIpc) is 2.88. The van der Waals surface area contributed by atoms with Crippen molar-refractivity contribution < 1.29 is 4.74 Å². The van der Waals surface area contributed by atoms with Crippen LogP contribution < -0.4 is 5.32 Å². The Morgan fingerprint density at radius 3 is 2.94 bits per heavy atom. The van der Waals surface area contributed by atoms with Gasteiger partial charge in [-0.15, -0.1) is 11.3 Å². The van der Waals surface area contributed by atoms with Gasteiger partial charge in [-0.3, -0.25) is 4.90 Å². The van der Waals surface area contributed by atoms with Crippen LogP contribution in [0.3, 0.4) is 0 Å². The number of thiophene rings is 1. The molecule has 1 unspecified atom stereocenters. The predicted octanol–water partition coefficient (Wildman–Crippen LogP) is 2.24. The zero-order chi connectivity index (χ0) is 13.2. The normalized spacial score (nSPS) is 13.1. The third-order valence-electron chi connectivity index (χ3n) is 3.08. The standard InChI is InChI=1S/C14H26N2OS/c1-4-8-15-11-13(12-17-3)16(2)9-7-14-6-5-10-18-14/h5-6,10,13,15H,4,7-9,11-12H2,1-3H3. The Hall–Kier alpha value is -0.420. The van der Waals surface area contributed by atoms with Gasteiger partial charge in [0, 0.05) is 31.1 Å². The van der Waals surface area contributed by atoms with E-state index in [0.717, 1.165) is 32.7 Å². The Balaban J connectivity index is 2.30. The Kier molecular flexibility index (Phi) is 8.25. The molecule has 0 radical (unpaired) electrons. The predicted molar refractivity (Wildman–Crippen MR) is 79.5 cm³/mol. The summed E-state index contributed by atoms with van der Waals surface area (Å²) in [5.74, 6) is 0. The van der Waals surface area contributed by atoms with Crippen LogP contribution in [0, 0.1) is 0 Å². The fourth-order valence-corrected chi connectivity index (χ4v) is 2.60. The zero-order valence-corrected chi connectivity index (χ0v) is 12.6. The van der Waals surface area contributed by atoms with Crippen molar-refractivity contribution in [3.05, 3.63) is 22.4 Å². The largest absolute Gasteiger partial charge is 0.383 e. The average molecular weight is 270 g/mol. The fourth-order valence-electron chi connectivity index (χ4n) is 1.90.